The minimum atomic E-state index is -0.725. The van der Waals surface area contributed by atoms with Crippen LogP contribution in [0.15, 0.2) is 52.2 Å². The number of amides is 1. The SMILES string of the molecule is CCn1c(=O)c(=O)[nH]c2cc(C(=O)Nc3ncc(Cc4ccc(Cl)cc4Cl)s3)ccc21. The molecule has 158 valence electrons. The van der Waals surface area contributed by atoms with E-state index in [9.17, 15) is 14.4 Å². The summed E-state index contributed by atoms with van der Waals surface area (Å²) in [6, 6.07) is 10.1. The number of nitrogens with zero attached hydrogens (tertiary/aromatic N) is 2. The number of hydrogen-bond acceptors (Lipinski definition) is 5. The number of aromatic amines is 1. The van der Waals surface area contributed by atoms with Gasteiger partial charge in [0.1, 0.15) is 0 Å². The van der Waals surface area contributed by atoms with Gasteiger partial charge in [0.2, 0.25) is 0 Å². The molecule has 31 heavy (non-hydrogen) atoms. The number of benzene rings is 2. The van der Waals surface area contributed by atoms with Crippen LogP contribution in [-0.4, -0.2) is 20.4 Å². The number of thiazole rings is 1. The molecule has 0 radical (unpaired) electrons. The molecule has 0 aliphatic rings. The number of aryl methyl sites for hydroxylation is 1. The van der Waals surface area contributed by atoms with Crippen LogP contribution in [0.2, 0.25) is 10.0 Å². The highest BCUT2D eigenvalue weighted by atomic mass is 35.5. The smallest absolute Gasteiger partial charge is 0.316 e. The number of carbonyl (C=O) groups is 1. The van der Waals surface area contributed by atoms with E-state index >= 15 is 0 Å². The molecular formula is C21H16Cl2N4O3S. The molecule has 7 nitrogen and oxygen atoms in total. The third-order valence-electron chi connectivity index (χ3n) is 4.71. The lowest BCUT2D eigenvalue weighted by molar-refractivity contribution is 0.102. The van der Waals surface area contributed by atoms with Crippen LogP contribution in [0, 0.1) is 0 Å². The number of rotatable bonds is 5. The van der Waals surface area contributed by atoms with Gasteiger partial charge in [-0.1, -0.05) is 29.3 Å². The molecule has 0 aliphatic heterocycles. The van der Waals surface area contributed by atoms with Gasteiger partial charge < -0.3 is 9.55 Å². The number of carbonyl (C=O) groups excluding carboxylic acids is 1. The van der Waals surface area contributed by atoms with Gasteiger partial charge in [0.05, 0.1) is 11.0 Å². The van der Waals surface area contributed by atoms with Gasteiger partial charge in [-0.05, 0) is 42.8 Å². The Morgan fingerprint density at radius 1 is 1.19 bits per heavy atom. The topological polar surface area (TPSA) is 96.9 Å². The fraction of sp³-hybridized carbons (Fsp3) is 0.143. The van der Waals surface area contributed by atoms with Crippen molar-refractivity contribution in [3.63, 3.8) is 0 Å². The van der Waals surface area contributed by atoms with Crippen molar-refractivity contribution in [2.75, 3.05) is 5.32 Å². The van der Waals surface area contributed by atoms with Gasteiger partial charge in [-0.2, -0.15) is 0 Å². The lowest BCUT2D eigenvalue weighted by atomic mass is 10.1. The van der Waals surface area contributed by atoms with Crippen molar-refractivity contribution >= 4 is 56.6 Å². The largest absolute Gasteiger partial charge is 0.316 e. The van der Waals surface area contributed by atoms with Gasteiger partial charge in [-0.25, -0.2) is 4.98 Å². The average molecular weight is 475 g/mol. The van der Waals surface area contributed by atoms with E-state index in [0.717, 1.165) is 10.4 Å². The molecule has 0 atom stereocenters. The van der Waals surface area contributed by atoms with Crippen molar-refractivity contribution in [3.8, 4) is 0 Å². The molecule has 0 unspecified atom stereocenters. The van der Waals surface area contributed by atoms with Crippen molar-refractivity contribution < 1.29 is 4.79 Å². The average Bonchev–Trinajstić information content (AvgIpc) is 3.17. The molecule has 0 fully saturated rings. The number of anilines is 1. The third-order valence-corrected chi connectivity index (χ3v) is 6.21. The minimum absolute atomic E-state index is 0.335. The van der Waals surface area contributed by atoms with Crippen LogP contribution in [-0.2, 0) is 13.0 Å². The summed E-state index contributed by atoms with van der Waals surface area (Å²) in [6.07, 6.45) is 2.25. The Balaban J connectivity index is 1.55. The third kappa shape index (κ3) is 4.41. The van der Waals surface area contributed by atoms with Crippen LogP contribution in [0.25, 0.3) is 11.0 Å². The predicted molar refractivity (Wildman–Crippen MR) is 124 cm³/mol. The Labute approximate surface area is 190 Å². The highest BCUT2D eigenvalue weighted by Crippen LogP contribution is 2.27. The molecule has 1 amide bonds. The molecule has 0 bridgehead atoms. The zero-order chi connectivity index (χ0) is 22.1. The van der Waals surface area contributed by atoms with Gasteiger partial charge in [0.15, 0.2) is 5.13 Å². The molecule has 0 spiro atoms. The van der Waals surface area contributed by atoms with Crippen molar-refractivity contribution in [3.05, 3.63) is 89.4 Å². The van der Waals surface area contributed by atoms with Crippen molar-refractivity contribution in [1.29, 1.82) is 0 Å². The van der Waals surface area contributed by atoms with Crippen LogP contribution in [0.3, 0.4) is 0 Å². The Hall–Kier alpha value is -2.94. The van der Waals surface area contributed by atoms with E-state index in [4.69, 9.17) is 23.2 Å². The van der Waals surface area contributed by atoms with Crippen LogP contribution >= 0.6 is 34.5 Å². The van der Waals surface area contributed by atoms with E-state index in [1.807, 2.05) is 6.07 Å². The summed E-state index contributed by atoms with van der Waals surface area (Å²) in [4.78, 5) is 44.2. The highest BCUT2D eigenvalue weighted by molar-refractivity contribution is 7.15. The summed E-state index contributed by atoms with van der Waals surface area (Å²) in [5.41, 5.74) is 0.868. The monoisotopic (exact) mass is 474 g/mol. The summed E-state index contributed by atoms with van der Waals surface area (Å²) in [7, 11) is 0. The number of halogens is 2. The van der Waals surface area contributed by atoms with Crippen LogP contribution < -0.4 is 16.4 Å². The molecule has 4 aromatic rings. The first-order chi connectivity index (χ1) is 14.9. The van der Waals surface area contributed by atoms with Crippen LogP contribution in [0.4, 0.5) is 5.13 Å². The van der Waals surface area contributed by atoms with E-state index < -0.39 is 11.1 Å². The van der Waals surface area contributed by atoms with E-state index in [1.54, 1.807) is 43.5 Å². The minimum Gasteiger partial charge on any atom is -0.316 e. The van der Waals surface area contributed by atoms with Crippen molar-refractivity contribution in [2.24, 2.45) is 0 Å². The summed E-state index contributed by atoms with van der Waals surface area (Å²) in [5, 5.41) is 4.34. The fourth-order valence-corrected chi connectivity index (χ4v) is 4.51. The Kier molecular flexibility index (Phi) is 5.95. The summed E-state index contributed by atoms with van der Waals surface area (Å²) < 4.78 is 1.37. The second-order valence-corrected chi connectivity index (χ2v) is 8.69. The van der Waals surface area contributed by atoms with E-state index in [1.165, 1.54) is 15.9 Å². The number of H-pyrrole nitrogens is 1. The molecule has 2 aromatic heterocycles. The second kappa shape index (κ2) is 8.66. The molecule has 2 heterocycles. The van der Waals surface area contributed by atoms with Crippen LogP contribution in [0.1, 0.15) is 27.7 Å². The molecule has 0 saturated heterocycles. The number of aromatic nitrogens is 3. The zero-order valence-corrected chi connectivity index (χ0v) is 18.6. The van der Waals surface area contributed by atoms with E-state index in [-0.39, 0.29) is 5.91 Å². The van der Waals surface area contributed by atoms with E-state index in [2.05, 4.69) is 15.3 Å². The molecule has 0 saturated carbocycles. The lowest BCUT2D eigenvalue weighted by Gasteiger charge is -2.08. The molecule has 0 aliphatic carbocycles. The van der Waals surface area contributed by atoms with Crippen LogP contribution in [0.5, 0.6) is 0 Å². The maximum Gasteiger partial charge on any atom is 0.316 e. The Morgan fingerprint density at radius 3 is 2.74 bits per heavy atom. The molecule has 2 N–H and O–H groups in total. The quantitative estimate of drug-likeness (QED) is 0.421. The van der Waals surface area contributed by atoms with Gasteiger partial charge in [0.25, 0.3) is 5.91 Å². The van der Waals surface area contributed by atoms with Crippen molar-refractivity contribution in [2.45, 2.75) is 19.9 Å². The number of nitrogens with one attached hydrogen (secondary N) is 2. The van der Waals surface area contributed by atoms with Gasteiger partial charge >= 0.3 is 11.1 Å². The van der Waals surface area contributed by atoms with Crippen molar-refractivity contribution in [1.82, 2.24) is 14.5 Å². The zero-order valence-electron chi connectivity index (χ0n) is 16.2. The summed E-state index contributed by atoms with van der Waals surface area (Å²) in [5.74, 6) is -0.373. The fourth-order valence-electron chi connectivity index (χ4n) is 3.20. The first kappa shape index (κ1) is 21.3. The molecular weight excluding hydrogens is 459 g/mol. The highest BCUT2D eigenvalue weighted by Gasteiger charge is 2.13. The Bertz CT molecular complexity index is 1420. The first-order valence-electron chi connectivity index (χ1n) is 9.32. The van der Waals surface area contributed by atoms with Gasteiger partial charge in [-0.15, -0.1) is 11.3 Å². The molecule has 10 heteroatoms. The molecule has 2 aromatic carbocycles. The van der Waals surface area contributed by atoms with Gasteiger partial charge in [0, 0.05) is 39.6 Å². The number of hydrogen-bond donors (Lipinski definition) is 2. The molecule has 4 rings (SSSR count). The maximum atomic E-state index is 12.7. The predicted octanol–water partition coefficient (Wildman–Crippen LogP) is 4.32. The van der Waals surface area contributed by atoms with Gasteiger partial charge in [-0.3, -0.25) is 19.7 Å². The lowest BCUT2D eigenvalue weighted by Crippen LogP contribution is -2.36. The summed E-state index contributed by atoms with van der Waals surface area (Å²) in [6.45, 7) is 2.13. The first-order valence-corrected chi connectivity index (χ1v) is 10.9. The standard InChI is InChI=1S/C21H16Cl2N4O3S/c1-2-27-17-6-4-12(8-16(17)25-19(29)20(27)30)18(28)26-21-24-10-14(31-21)7-11-3-5-13(22)9-15(11)23/h3-6,8-10H,2,7H2,1H3,(H,25,29)(H,24,26,28). The maximum absolute atomic E-state index is 12.7. The normalized spacial score (nSPS) is 11.1. The summed E-state index contributed by atoms with van der Waals surface area (Å²) >= 11 is 13.5. The van der Waals surface area contributed by atoms with E-state index in [0.29, 0.717) is 44.7 Å². The Morgan fingerprint density at radius 2 is 2.00 bits per heavy atom. The second-order valence-electron chi connectivity index (χ2n) is 6.73. The number of fused-ring (bicyclic) bond motifs is 1.